The molecule has 4 rings (SSSR count). The monoisotopic (exact) mass is 447 g/mol. The van der Waals surface area contributed by atoms with Crippen molar-refractivity contribution in [2.45, 2.75) is 37.5 Å². The summed E-state index contributed by atoms with van der Waals surface area (Å²) in [6.07, 6.45) is 2.28. The molecule has 1 saturated carbocycles. The van der Waals surface area contributed by atoms with Gasteiger partial charge in [-0.15, -0.1) is 0 Å². The van der Waals surface area contributed by atoms with Gasteiger partial charge in [0.1, 0.15) is 5.75 Å². The third-order valence-corrected chi connectivity index (χ3v) is 6.54. The number of hydrogen-bond donors (Lipinski definition) is 3. The van der Waals surface area contributed by atoms with Gasteiger partial charge in [0.05, 0.1) is 18.2 Å². The largest absolute Gasteiger partial charge is 0.493 e. The second-order valence-electron chi connectivity index (χ2n) is 8.52. The molecule has 2 unspecified atom stereocenters. The Kier molecular flexibility index (Phi) is 6.05. The summed E-state index contributed by atoms with van der Waals surface area (Å²) in [6.45, 7) is 0.500. The number of nitrogens with zero attached hydrogens (tertiary/aromatic N) is 1. The van der Waals surface area contributed by atoms with E-state index in [0.717, 1.165) is 11.1 Å². The van der Waals surface area contributed by atoms with Crippen molar-refractivity contribution in [2.75, 3.05) is 19.0 Å². The number of nitrogens with one attached hydrogen (secondary N) is 2. The van der Waals surface area contributed by atoms with Gasteiger partial charge in [-0.1, -0.05) is 6.07 Å². The maximum absolute atomic E-state index is 13.3. The first-order valence-corrected chi connectivity index (χ1v) is 10.9. The van der Waals surface area contributed by atoms with Crippen molar-refractivity contribution in [2.24, 2.45) is 5.92 Å². The molecule has 2 atom stereocenters. The highest BCUT2D eigenvalue weighted by molar-refractivity contribution is 5.98. The van der Waals surface area contributed by atoms with Crippen LogP contribution in [0.5, 0.6) is 5.75 Å². The molecule has 3 N–H and O–H groups in total. The van der Waals surface area contributed by atoms with Crippen LogP contribution in [0, 0.1) is 17.2 Å². The summed E-state index contributed by atoms with van der Waals surface area (Å²) in [4.78, 5) is 36.2. The third-order valence-electron chi connectivity index (χ3n) is 6.54. The van der Waals surface area contributed by atoms with E-state index in [2.05, 4.69) is 16.7 Å². The summed E-state index contributed by atoms with van der Waals surface area (Å²) in [5.74, 6) is -0.798. The lowest BCUT2D eigenvalue weighted by Gasteiger charge is -2.27. The van der Waals surface area contributed by atoms with E-state index in [9.17, 15) is 19.6 Å². The van der Waals surface area contributed by atoms with Crippen molar-refractivity contribution in [3.8, 4) is 11.8 Å². The quantitative estimate of drug-likeness (QED) is 0.599. The predicted octanol–water partition coefficient (Wildman–Crippen LogP) is 3.00. The molecular formula is C25H25N3O5. The Morgan fingerprint density at radius 2 is 2.06 bits per heavy atom. The molecule has 0 radical (unpaired) electrons. The molecule has 0 bridgehead atoms. The summed E-state index contributed by atoms with van der Waals surface area (Å²) in [6, 6.07) is 12.4. The number of anilines is 1. The standard InChI is InChI=1S/C25H25N3O5/c1-27-23(31)17-7-8-21-18(12-17)25(9-10-33-21)13-19(25)24(32)28-20-11-15(14-26)5-6-16(20)3-2-4-22(29)30/h5-8,11-12,19H,2-4,9-10,13H2,1H3,(H,27,31)(H,28,32)(H,29,30). The zero-order chi connectivity index (χ0) is 23.6. The summed E-state index contributed by atoms with van der Waals surface area (Å²) in [7, 11) is 1.57. The number of aryl methyl sites for hydroxylation is 1. The molecule has 2 aromatic carbocycles. The van der Waals surface area contributed by atoms with Crippen LogP contribution in [0.4, 0.5) is 5.69 Å². The number of carboxylic acid groups (broad SMARTS) is 1. The lowest BCUT2D eigenvalue weighted by Crippen LogP contribution is -2.28. The number of carbonyl (C=O) groups is 3. The number of fused-ring (bicyclic) bond motifs is 2. The lowest BCUT2D eigenvalue weighted by atomic mass is 9.86. The zero-order valence-corrected chi connectivity index (χ0v) is 18.3. The van der Waals surface area contributed by atoms with E-state index in [1.807, 2.05) is 6.07 Å². The molecule has 0 saturated heterocycles. The Balaban J connectivity index is 1.56. The van der Waals surface area contributed by atoms with E-state index in [1.54, 1.807) is 37.4 Å². The average Bonchev–Trinajstić information content (AvgIpc) is 3.54. The van der Waals surface area contributed by atoms with Gasteiger partial charge in [-0.2, -0.15) is 5.26 Å². The van der Waals surface area contributed by atoms with E-state index in [0.29, 0.717) is 54.9 Å². The maximum Gasteiger partial charge on any atom is 0.303 e. The van der Waals surface area contributed by atoms with Crippen LogP contribution in [-0.4, -0.2) is 36.5 Å². The molecular weight excluding hydrogens is 422 g/mol. The van der Waals surface area contributed by atoms with Crippen LogP contribution >= 0.6 is 0 Å². The van der Waals surface area contributed by atoms with E-state index in [-0.39, 0.29) is 29.6 Å². The van der Waals surface area contributed by atoms with E-state index >= 15 is 0 Å². The number of ether oxygens (including phenoxy) is 1. The number of aliphatic carboxylic acids is 1. The van der Waals surface area contributed by atoms with Crippen molar-refractivity contribution in [3.63, 3.8) is 0 Å². The van der Waals surface area contributed by atoms with Crippen molar-refractivity contribution in [3.05, 3.63) is 58.7 Å². The molecule has 170 valence electrons. The topological polar surface area (TPSA) is 129 Å². The molecule has 2 aliphatic rings. The fourth-order valence-electron chi connectivity index (χ4n) is 4.66. The SMILES string of the molecule is CNC(=O)c1ccc2c(c1)C1(CCO2)CC1C(=O)Nc1cc(C#N)ccc1CCCC(=O)O. The number of carboxylic acids is 1. The van der Waals surface area contributed by atoms with Crippen molar-refractivity contribution in [1.29, 1.82) is 5.26 Å². The van der Waals surface area contributed by atoms with Gasteiger partial charge in [-0.05, 0) is 61.6 Å². The number of rotatable bonds is 7. The Hall–Kier alpha value is -3.86. The van der Waals surface area contributed by atoms with E-state index in [1.165, 1.54) is 0 Å². The number of benzene rings is 2. The molecule has 1 heterocycles. The summed E-state index contributed by atoms with van der Waals surface area (Å²) < 4.78 is 5.78. The molecule has 1 spiro atoms. The Labute approximate surface area is 191 Å². The fourth-order valence-corrected chi connectivity index (χ4v) is 4.66. The highest BCUT2D eigenvalue weighted by Gasteiger charge is 2.61. The fraction of sp³-hybridized carbons (Fsp3) is 0.360. The molecule has 2 aromatic rings. The van der Waals surface area contributed by atoms with Crippen LogP contribution in [0.25, 0.3) is 0 Å². The van der Waals surface area contributed by atoms with Crippen LogP contribution in [0.1, 0.15) is 52.7 Å². The molecule has 8 nitrogen and oxygen atoms in total. The van der Waals surface area contributed by atoms with Gasteiger partial charge in [0.2, 0.25) is 5.91 Å². The van der Waals surface area contributed by atoms with Gasteiger partial charge in [-0.25, -0.2) is 0 Å². The second-order valence-corrected chi connectivity index (χ2v) is 8.52. The second kappa shape index (κ2) is 8.94. The minimum Gasteiger partial charge on any atom is -0.493 e. The molecule has 33 heavy (non-hydrogen) atoms. The third kappa shape index (κ3) is 4.40. The molecule has 0 aromatic heterocycles. The molecule has 1 fully saturated rings. The van der Waals surface area contributed by atoms with E-state index < -0.39 is 5.97 Å². The average molecular weight is 447 g/mol. The number of carbonyl (C=O) groups excluding carboxylic acids is 2. The van der Waals surface area contributed by atoms with Gasteiger partial charge >= 0.3 is 5.97 Å². The Morgan fingerprint density at radius 1 is 1.24 bits per heavy atom. The summed E-state index contributed by atoms with van der Waals surface area (Å²) in [5, 5.41) is 23.8. The predicted molar refractivity (Wildman–Crippen MR) is 120 cm³/mol. The highest BCUT2D eigenvalue weighted by atomic mass is 16.5. The van der Waals surface area contributed by atoms with Gasteiger partial charge in [0.15, 0.2) is 0 Å². The Bertz CT molecular complexity index is 1170. The molecule has 8 heteroatoms. The van der Waals surface area contributed by atoms with E-state index in [4.69, 9.17) is 9.84 Å². The Morgan fingerprint density at radius 3 is 2.79 bits per heavy atom. The summed E-state index contributed by atoms with van der Waals surface area (Å²) in [5.41, 5.74) is 2.78. The van der Waals surface area contributed by atoms with Crippen LogP contribution in [0.3, 0.4) is 0 Å². The normalized spacial score (nSPS) is 20.2. The van der Waals surface area contributed by atoms with Crippen LogP contribution in [0.2, 0.25) is 0 Å². The zero-order valence-electron chi connectivity index (χ0n) is 18.3. The summed E-state index contributed by atoms with van der Waals surface area (Å²) >= 11 is 0. The maximum atomic E-state index is 13.3. The number of nitriles is 1. The lowest BCUT2D eigenvalue weighted by molar-refractivity contribution is -0.137. The molecule has 2 amide bonds. The minimum atomic E-state index is -0.872. The number of amides is 2. The van der Waals surface area contributed by atoms with Crippen LogP contribution in [-0.2, 0) is 21.4 Å². The first-order valence-electron chi connectivity index (χ1n) is 10.9. The highest BCUT2D eigenvalue weighted by Crippen LogP contribution is 2.61. The first-order chi connectivity index (χ1) is 15.9. The van der Waals surface area contributed by atoms with Gasteiger partial charge in [0.25, 0.3) is 5.91 Å². The number of hydrogen-bond acceptors (Lipinski definition) is 5. The minimum absolute atomic E-state index is 0.0313. The van der Waals surface area contributed by atoms with Gasteiger partial charge < -0.3 is 20.5 Å². The van der Waals surface area contributed by atoms with Gasteiger partial charge in [0, 0.05) is 41.6 Å². The van der Waals surface area contributed by atoms with Crippen molar-refractivity contribution in [1.82, 2.24) is 5.32 Å². The molecule has 1 aliphatic heterocycles. The molecule has 1 aliphatic carbocycles. The smallest absolute Gasteiger partial charge is 0.303 e. The first kappa shape index (κ1) is 22.3. The van der Waals surface area contributed by atoms with Crippen molar-refractivity contribution >= 4 is 23.5 Å². The van der Waals surface area contributed by atoms with Crippen LogP contribution < -0.4 is 15.4 Å². The van der Waals surface area contributed by atoms with Gasteiger partial charge in [-0.3, -0.25) is 14.4 Å². The van der Waals surface area contributed by atoms with Crippen LogP contribution in [0.15, 0.2) is 36.4 Å². The van der Waals surface area contributed by atoms with Crippen molar-refractivity contribution < 1.29 is 24.2 Å².